The molecule has 0 aliphatic heterocycles. The Kier molecular flexibility index (Phi) is 3.99. The van der Waals surface area contributed by atoms with E-state index in [2.05, 4.69) is 27.8 Å². The minimum absolute atomic E-state index is 0.0632. The molecular formula is C10H7BrClNO. The topological polar surface area (TPSA) is 43.1 Å². The first-order chi connectivity index (χ1) is 6.59. The van der Waals surface area contributed by atoms with Crippen LogP contribution in [0.4, 0.5) is 0 Å². The standard InChI is InChI=1S/C10H7BrClNO/c11-8-5-4-7(6-9(8)12)2-1-3-10(13)14/h4-6H,3H2,(H2,13,14). The summed E-state index contributed by atoms with van der Waals surface area (Å²) in [5.41, 5.74) is 5.70. The van der Waals surface area contributed by atoms with E-state index >= 15 is 0 Å². The molecule has 0 saturated heterocycles. The number of carbonyl (C=O) groups excluding carboxylic acids is 1. The fourth-order valence-corrected chi connectivity index (χ4v) is 1.23. The maximum absolute atomic E-state index is 10.4. The van der Waals surface area contributed by atoms with Crippen LogP contribution in [0, 0.1) is 11.8 Å². The molecule has 0 aliphatic rings. The number of benzene rings is 1. The highest BCUT2D eigenvalue weighted by atomic mass is 79.9. The number of amides is 1. The van der Waals surface area contributed by atoms with Gasteiger partial charge in [0.05, 0.1) is 11.4 Å². The Morgan fingerprint density at radius 3 is 2.86 bits per heavy atom. The van der Waals surface area contributed by atoms with Crippen molar-refractivity contribution in [2.75, 3.05) is 0 Å². The van der Waals surface area contributed by atoms with Crippen molar-refractivity contribution in [3.8, 4) is 11.8 Å². The van der Waals surface area contributed by atoms with Gasteiger partial charge < -0.3 is 5.73 Å². The van der Waals surface area contributed by atoms with Crippen molar-refractivity contribution in [1.82, 2.24) is 0 Å². The predicted molar refractivity (Wildman–Crippen MR) is 59.8 cm³/mol. The highest BCUT2D eigenvalue weighted by Gasteiger charge is 1.96. The molecule has 1 amide bonds. The highest BCUT2D eigenvalue weighted by molar-refractivity contribution is 9.10. The second-order valence-corrected chi connectivity index (χ2v) is 3.84. The number of primary amides is 1. The molecule has 0 aliphatic carbocycles. The molecule has 1 rings (SSSR count). The Hall–Kier alpha value is -0.980. The summed E-state index contributed by atoms with van der Waals surface area (Å²) in [6.07, 6.45) is 0.0632. The molecule has 0 fully saturated rings. The summed E-state index contributed by atoms with van der Waals surface area (Å²) in [4.78, 5) is 10.4. The van der Waals surface area contributed by atoms with E-state index in [1.54, 1.807) is 12.1 Å². The largest absolute Gasteiger partial charge is 0.369 e. The zero-order valence-corrected chi connectivity index (χ0v) is 9.52. The third kappa shape index (κ3) is 3.41. The van der Waals surface area contributed by atoms with Crippen LogP contribution in [0.25, 0.3) is 0 Å². The van der Waals surface area contributed by atoms with Gasteiger partial charge in [-0.3, -0.25) is 4.79 Å². The smallest absolute Gasteiger partial charge is 0.229 e. The minimum atomic E-state index is -0.430. The lowest BCUT2D eigenvalue weighted by Gasteiger charge is -1.95. The van der Waals surface area contributed by atoms with Crippen molar-refractivity contribution in [3.05, 3.63) is 33.3 Å². The van der Waals surface area contributed by atoms with Crippen molar-refractivity contribution < 1.29 is 4.79 Å². The molecule has 4 heteroatoms. The van der Waals surface area contributed by atoms with E-state index in [4.69, 9.17) is 17.3 Å². The Morgan fingerprint density at radius 1 is 1.57 bits per heavy atom. The molecule has 0 heterocycles. The first-order valence-electron chi connectivity index (χ1n) is 3.82. The van der Waals surface area contributed by atoms with Gasteiger partial charge in [-0.2, -0.15) is 0 Å². The Labute approximate surface area is 95.6 Å². The molecular weight excluding hydrogens is 265 g/mol. The van der Waals surface area contributed by atoms with Gasteiger partial charge in [-0.15, -0.1) is 0 Å². The molecule has 72 valence electrons. The van der Waals surface area contributed by atoms with Crippen molar-refractivity contribution in [3.63, 3.8) is 0 Å². The third-order valence-electron chi connectivity index (χ3n) is 1.41. The number of hydrogen-bond acceptors (Lipinski definition) is 1. The van der Waals surface area contributed by atoms with Gasteiger partial charge in [-0.25, -0.2) is 0 Å². The highest BCUT2D eigenvalue weighted by Crippen LogP contribution is 2.22. The van der Waals surface area contributed by atoms with Crippen LogP contribution in [0.3, 0.4) is 0 Å². The fourth-order valence-electron chi connectivity index (χ4n) is 0.807. The fraction of sp³-hybridized carbons (Fsp3) is 0.100. The molecule has 0 bridgehead atoms. The molecule has 2 N–H and O–H groups in total. The average molecular weight is 273 g/mol. The van der Waals surface area contributed by atoms with Gasteiger partial charge in [0.1, 0.15) is 0 Å². The van der Waals surface area contributed by atoms with E-state index in [0.717, 1.165) is 10.0 Å². The summed E-state index contributed by atoms with van der Waals surface area (Å²) in [6, 6.07) is 5.33. The van der Waals surface area contributed by atoms with Gasteiger partial charge in [0, 0.05) is 10.0 Å². The van der Waals surface area contributed by atoms with E-state index in [1.165, 1.54) is 0 Å². The number of carbonyl (C=O) groups is 1. The second-order valence-electron chi connectivity index (χ2n) is 2.57. The number of nitrogens with two attached hydrogens (primary N) is 1. The molecule has 0 atom stereocenters. The van der Waals surface area contributed by atoms with Gasteiger partial charge in [0.2, 0.25) is 5.91 Å². The van der Waals surface area contributed by atoms with Gasteiger partial charge in [0.15, 0.2) is 0 Å². The van der Waals surface area contributed by atoms with E-state index < -0.39 is 5.91 Å². The Bertz CT molecular complexity index is 420. The third-order valence-corrected chi connectivity index (χ3v) is 2.65. The van der Waals surface area contributed by atoms with Crippen LogP contribution in [-0.4, -0.2) is 5.91 Å². The lowest BCUT2D eigenvalue weighted by atomic mass is 10.2. The van der Waals surface area contributed by atoms with Crippen LogP contribution >= 0.6 is 27.5 Å². The first-order valence-corrected chi connectivity index (χ1v) is 4.99. The summed E-state index contributed by atoms with van der Waals surface area (Å²) in [6.45, 7) is 0. The molecule has 0 radical (unpaired) electrons. The minimum Gasteiger partial charge on any atom is -0.369 e. The summed E-state index contributed by atoms with van der Waals surface area (Å²) in [7, 11) is 0. The van der Waals surface area contributed by atoms with Crippen LogP contribution in [0.5, 0.6) is 0 Å². The summed E-state index contributed by atoms with van der Waals surface area (Å²) in [5.74, 6) is 5.01. The first kappa shape index (κ1) is 11.1. The zero-order chi connectivity index (χ0) is 10.6. The predicted octanol–water partition coefficient (Wildman–Crippen LogP) is 2.33. The van der Waals surface area contributed by atoms with Gasteiger partial charge >= 0.3 is 0 Å². The van der Waals surface area contributed by atoms with Gasteiger partial charge in [-0.1, -0.05) is 23.4 Å². The quantitative estimate of drug-likeness (QED) is 0.784. The molecule has 0 aromatic heterocycles. The number of hydrogen-bond donors (Lipinski definition) is 1. The van der Waals surface area contributed by atoms with Crippen LogP contribution in [0.1, 0.15) is 12.0 Å². The molecule has 1 aromatic carbocycles. The van der Waals surface area contributed by atoms with Gasteiger partial charge in [-0.05, 0) is 34.1 Å². The summed E-state index contributed by atoms with van der Waals surface area (Å²) < 4.78 is 0.819. The van der Waals surface area contributed by atoms with E-state index in [9.17, 15) is 4.79 Å². The normalized spacial score (nSPS) is 9.00. The van der Waals surface area contributed by atoms with Gasteiger partial charge in [0.25, 0.3) is 0 Å². The lowest BCUT2D eigenvalue weighted by Crippen LogP contribution is -2.08. The monoisotopic (exact) mass is 271 g/mol. The number of rotatable bonds is 1. The van der Waals surface area contributed by atoms with Crippen molar-refractivity contribution in [2.45, 2.75) is 6.42 Å². The molecule has 0 saturated carbocycles. The molecule has 0 spiro atoms. The Balaban J connectivity index is 2.81. The van der Waals surface area contributed by atoms with E-state index in [1.807, 2.05) is 6.07 Å². The lowest BCUT2D eigenvalue weighted by molar-refractivity contribution is -0.117. The zero-order valence-electron chi connectivity index (χ0n) is 7.18. The summed E-state index contributed by atoms with van der Waals surface area (Å²) in [5, 5.41) is 0.593. The van der Waals surface area contributed by atoms with Crippen molar-refractivity contribution in [2.24, 2.45) is 5.73 Å². The average Bonchev–Trinajstić information content (AvgIpc) is 2.10. The Morgan fingerprint density at radius 2 is 2.29 bits per heavy atom. The van der Waals surface area contributed by atoms with Crippen LogP contribution in [0.2, 0.25) is 5.02 Å². The van der Waals surface area contributed by atoms with Crippen LogP contribution in [0.15, 0.2) is 22.7 Å². The maximum atomic E-state index is 10.4. The molecule has 2 nitrogen and oxygen atoms in total. The molecule has 1 aromatic rings. The van der Waals surface area contributed by atoms with E-state index in [-0.39, 0.29) is 6.42 Å². The second kappa shape index (κ2) is 5.04. The maximum Gasteiger partial charge on any atom is 0.229 e. The van der Waals surface area contributed by atoms with E-state index in [0.29, 0.717) is 5.02 Å². The van der Waals surface area contributed by atoms with Crippen molar-refractivity contribution >= 4 is 33.4 Å². The van der Waals surface area contributed by atoms with Crippen LogP contribution in [-0.2, 0) is 4.79 Å². The number of halogens is 2. The summed E-state index contributed by atoms with van der Waals surface area (Å²) >= 11 is 9.12. The SMILES string of the molecule is NC(=O)CC#Cc1ccc(Br)c(Cl)c1. The van der Waals surface area contributed by atoms with Crippen molar-refractivity contribution in [1.29, 1.82) is 0 Å². The molecule has 0 unspecified atom stereocenters. The molecule has 14 heavy (non-hydrogen) atoms. The van der Waals surface area contributed by atoms with Crippen LogP contribution < -0.4 is 5.73 Å².